The third-order valence-corrected chi connectivity index (χ3v) is 6.74. The minimum Gasteiger partial charge on any atom is -0.462 e. The van der Waals surface area contributed by atoms with Crippen molar-refractivity contribution in [3.8, 4) is 6.07 Å². The van der Waals surface area contributed by atoms with Crippen LogP contribution < -0.4 is 10.6 Å². The Morgan fingerprint density at radius 3 is 2.59 bits per heavy atom. The van der Waals surface area contributed by atoms with E-state index in [-0.39, 0.29) is 19.1 Å². The van der Waals surface area contributed by atoms with E-state index in [2.05, 4.69) is 23.1 Å². The number of anilines is 1. The van der Waals surface area contributed by atoms with E-state index in [1.807, 2.05) is 37.3 Å². The van der Waals surface area contributed by atoms with Gasteiger partial charge in [-0.25, -0.2) is 4.79 Å². The molecule has 7 heteroatoms. The predicted octanol–water partition coefficient (Wildman–Crippen LogP) is 4.51. The number of nitrogens with two attached hydrogens (primary N) is 1. The molecule has 0 saturated heterocycles. The van der Waals surface area contributed by atoms with Crippen molar-refractivity contribution in [1.29, 1.82) is 5.26 Å². The van der Waals surface area contributed by atoms with Crippen LogP contribution in [0.4, 0.5) is 5.00 Å². The van der Waals surface area contributed by atoms with Crippen LogP contribution in [-0.4, -0.2) is 45.9 Å². The third kappa shape index (κ3) is 4.78. The number of rotatable bonds is 10. The third-order valence-electron chi connectivity index (χ3n) is 5.49. The first-order valence-electron chi connectivity index (χ1n) is 10.8. The van der Waals surface area contributed by atoms with Crippen LogP contribution in [0.5, 0.6) is 0 Å². The molecule has 32 heavy (non-hydrogen) atoms. The van der Waals surface area contributed by atoms with Gasteiger partial charge in [-0.15, -0.1) is 11.3 Å². The standard InChI is InChI=1S/C25H29N3O3S/c1-4-28(12-13-30-3)24-21(16-27)22(23(32-24)25(29)31-5-2)20(15-26)19-11-10-17-8-6-7-9-18(17)14-19/h6-11,14,20H,4-5,12-13,15,26H2,1-3H3. The molecule has 3 aromatic rings. The number of fused-ring (bicyclic) bond motifs is 1. The molecule has 1 aromatic heterocycles. The first-order chi connectivity index (χ1) is 15.6. The van der Waals surface area contributed by atoms with Gasteiger partial charge in [-0.05, 0) is 30.2 Å². The highest BCUT2D eigenvalue weighted by Gasteiger charge is 2.31. The van der Waals surface area contributed by atoms with Crippen LogP contribution in [0, 0.1) is 11.3 Å². The first kappa shape index (κ1) is 23.7. The van der Waals surface area contributed by atoms with Crippen LogP contribution in [0.3, 0.4) is 0 Å². The number of carbonyl (C=O) groups excluding carboxylic acids is 1. The summed E-state index contributed by atoms with van der Waals surface area (Å²) in [6.07, 6.45) is 0. The molecular formula is C25H29N3O3S. The molecule has 0 aliphatic rings. The zero-order chi connectivity index (χ0) is 23.1. The molecule has 1 atom stereocenters. The molecule has 0 amide bonds. The van der Waals surface area contributed by atoms with Gasteiger partial charge in [0.25, 0.3) is 0 Å². The van der Waals surface area contributed by atoms with Gasteiger partial charge in [-0.3, -0.25) is 0 Å². The van der Waals surface area contributed by atoms with Gasteiger partial charge < -0.3 is 20.1 Å². The molecule has 2 N–H and O–H groups in total. The molecule has 0 aliphatic carbocycles. The molecule has 0 aliphatic heterocycles. The largest absolute Gasteiger partial charge is 0.462 e. The minimum atomic E-state index is -0.419. The van der Waals surface area contributed by atoms with Gasteiger partial charge in [0.05, 0.1) is 18.8 Å². The topological polar surface area (TPSA) is 88.6 Å². The monoisotopic (exact) mass is 451 g/mol. The molecule has 1 heterocycles. The van der Waals surface area contributed by atoms with Crippen molar-refractivity contribution in [3.63, 3.8) is 0 Å². The maximum Gasteiger partial charge on any atom is 0.348 e. The molecular weight excluding hydrogens is 422 g/mol. The highest BCUT2D eigenvalue weighted by molar-refractivity contribution is 7.18. The van der Waals surface area contributed by atoms with Crippen molar-refractivity contribution in [2.24, 2.45) is 5.73 Å². The summed E-state index contributed by atoms with van der Waals surface area (Å²) in [4.78, 5) is 15.4. The molecule has 168 valence electrons. The number of benzene rings is 2. The van der Waals surface area contributed by atoms with Crippen molar-refractivity contribution in [3.05, 3.63) is 64.0 Å². The minimum absolute atomic E-state index is 0.262. The van der Waals surface area contributed by atoms with E-state index in [4.69, 9.17) is 15.2 Å². The summed E-state index contributed by atoms with van der Waals surface area (Å²) < 4.78 is 10.6. The fourth-order valence-corrected chi connectivity index (χ4v) is 5.19. The Bertz CT molecular complexity index is 1120. The van der Waals surface area contributed by atoms with Crippen molar-refractivity contribution in [2.75, 3.05) is 44.9 Å². The van der Waals surface area contributed by atoms with E-state index in [1.54, 1.807) is 14.0 Å². The average Bonchev–Trinajstić information content (AvgIpc) is 3.19. The fraction of sp³-hybridized carbons (Fsp3) is 0.360. The molecule has 0 radical (unpaired) electrons. The van der Waals surface area contributed by atoms with E-state index in [9.17, 15) is 10.1 Å². The number of methoxy groups -OCH3 is 1. The number of nitriles is 1. The molecule has 0 bridgehead atoms. The number of thiophene rings is 1. The lowest BCUT2D eigenvalue weighted by Crippen LogP contribution is -2.26. The smallest absolute Gasteiger partial charge is 0.348 e. The lowest BCUT2D eigenvalue weighted by atomic mass is 9.87. The van der Waals surface area contributed by atoms with Gasteiger partial charge in [-0.2, -0.15) is 5.26 Å². The molecule has 0 saturated carbocycles. The van der Waals surface area contributed by atoms with E-state index >= 15 is 0 Å². The summed E-state index contributed by atoms with van der Waals surface area (Å²) in [6.45, 7) is 6.14. The number of hydrogen-bond acceptors (Lipinski definition) is 7. The van der Waals surface area contributed by atoms with Crippen molar-refractivity contribution < 1.29 is 14.3 Å². The Hall–Kier alpha value is -2.92. The van der Waals surface area contributed by atoms with Gasteiger partial charge in [0.2, 0.25) is 0 Å². The van der Waals surface area contributed by atoms with Crippen LogP contribution >= 0.6 is 11.3 Å². The summed E-state index contributed by atoms with van der Waals surface area (Å²) >= 11 is 1.30. The molecule has 1 unspecified atom stereocenters. The second kappa shape index (κ2) is 11.1. The summed E-state index contributed by atoms with van der Waals surface area (Å²) in [5, 5.41) is 13.1. The zero-order valence-corrected chi connectivity index (χ0v) is 19.6. The molecule has 3 rings (SSSR count). The van der Waals surface area contributed by atoms with Crippen molar-refractivity contribution in [2.45, 2.75) is 19.8 Å². The molecule has 6 nitrogen and oxygen atoms in total. The highest BCUT2D eigenvalue weighted by Crippen LogP contribution is 2.42. The second-order valence-corrected chi connectivity index (χ2v) is 8.32. The summed E-state index contributed by atoms with van der Waals surface area (Å²) in [5.74, 6) is -0.725. The van der Waals surface area contributed by atoms with Crippen LogP contribution in [0.25, 0.3) is 10.8 Å². The van der Waals surface area contributed by atoms with E-state index < -0.39 is 5.97 Å². The molecule has 2 aromatic carbocycles. The van der Waals surface area contributed by atoms with Crippen LogP contribution in [0.15, 0.2) is 42.5 Å². The van der Waals surface area contributed by atoms with E-state index in [0.29, 0.717) is 35.7 Å². The quantitative estimate of drug-likeness (QED) is 0.456. The van der Waals surface area contributed by atoms with Crippen LogP contribution in [0.1, 0.15) is 46.1 Å². The SMILES string of the molecule is CCOC(=O)c1sc(N(CC)CCOC)c(C#N)c1C(CN)c1ccc2ccccc2c1. The maximum atomic E-state index is 12.9. The fourth-order valence-electron chi connectivity index (χ4n) is 3.89. The van der Waals surface area contributed by atoms with Gasteiger partial charge in [0.15, 0.2) is 0 Å². The Kier molecular flexibility index (Phi) is 8.23. The Labute approximate surface area is 193 Å². The summed E-state index contributed by atoms with van der Waals surface area (Å²) in [5.41, 5.74) is 8.36. The van der Waals surface area contributed by atoms with Gasteiger partial charge in [0, 0.05) is 38.2 Å². The van der Waals surface area contributed by atoms with Gasteiger partial charge >= 0.3 is 5.97 Å². The highest BCUT2D eigenvalue weighted by atomic mass is 32.1. The van der Waals surface area contributed by atoms with Gasteiger partial charge in [0.1, 0.15) is 15.9 Å². The number of hydrogen-bond donors (Lipinski definition) is 1. The number of carbonyl (C=O) groups is 1. The first-order valence-corrected chi connectivity index (χ1v) is 11.6. The van der Waals surface area contributed by atoms with Crippen molar-refractivity contribution in [1.82, 2.24) is 0 Å². The number of nitrogens with zero attached hydrogens (tertiary/aromatic N) is 2. The Balaban J connectivity index is 2.20. The lowest BCUT2D eigenvalue weighted by Gasteiger charge is -2.22. The second-order valence-electron chi connectivity index (χ2n) is 7.32. The lowest BCUT2D eigenvalue weighted by molar-refractivity contribution is 0.0530. The van der Waals surface area contributed by atoms with E-state index in [1.165, 1.54) is 11.3 Å². The molecule has 0 fully saturated rings. The summed E-state index contributed by atoms with van der Waals surface area (Å²) in [6, 6.07) is 16.6. The normalized spacial score (nSPS) is 11.8. The molecule has 0 spiro atoms. The Morgan fingerprint density at radius 1 is 1.22 bits per heavy atom. The van der Waals surface area contributed by atoms with Crippen LogP contribution in [-0.2, 0) is 9.47 Å². The number of likely N-dealkylation sites (N-methyl/N-ethyl adjacent to an activating group) is 1. The number of esters is 1. The maximum absolute atomic E-state index is 12.9. The van der Waals surface area contributed by atoms with Crippen molar-refractivity contribution >= 4 is 33.1 Å². The Morgan fingerprint density at radius 2 is 1.97 bits per heavy atom. The average molecular weight is 452 g/mol. The van der Waals surface area contributed by atoms with Crippen LogP contribution in [0.2, 0.25) is 0 Å². The predicted molar refractivity (Wildman–Crippen MR) is 130 cm³/mol. The zero-order valence-electron chi connectivity index (χ0n) is 18.8. The van der Waals surface area contributed by atoms with Gasteiger partial charge in [-0.1, -0.05) is 42.5 Å². The number of ether oxygens (including phenoxy) is 2. The van der Waals surface area contributed by atoms with E-state index in [0.717, 1.165) is 21.3 Å². The summed E-state index contributed by atoms with van der Waals surface area (Å²) in [7, 11) is 1.65.